The maximum atomic E-state index is 2.50. The molecule has 2 nitrogen and oxygen atoms in total. The second kappa shape index (κ2) is 11.7. The molecule has 0 saturated heterocycles. The van der Waals surface area contributed by atoms with Crippen LogP contribution in [0, 0.1) is 5.92 Å². The minimum Gasteiger partial charge on any atom is -0.307 e. The van der Waals surface area contributed by atoms with Gasteiger partial charge in [-0.15, -0.1) is 0 Å². The van der Waals surface area contributed by atoms with Gasteiger partial charge in [0.25, 0.3) is 0 Å². The summed E-state index contributed by atoms with van der Waals surface area (Å²) in [6.45, 7) is 9.51. The van der Waals surface area contributed by atoms with Crippen LogP contribution in [0.2, 0.25) is 0 Å². The highest BCUT2D eigenvalue weighted by molar-refractivity contribution is 4.65. The fourth-order valence-corrected chi connectivity index (χ4v) is 2.48. The predicted octanol–water partition coefficient (Wildman–Crippen LogP) is 4.26. The molecule has 0 spiro atoms. The van der Waals surface area contributed by atoms with E-state index in [0.29, 0.717) is 0 Å². The zero-order valence-electron chi connectivity index (χ0n) is 14.4. The van der Waals surface area contributed by atoms with Crippen molar-refractivity contribution in [1.82, 2.24) is 9.80 Å². The minimum absolute atomic E-state index is 0.723. The van der Waals surface area contributed by atoms with Crippen molar-refractivity contribution in [3.63, 3.8) is 0 Å². The molecule has 2 heteroatoms. The van der Waals surface area contributed by atoms with Gasteiger partial charge in [0.1, 0.15) is 0 Å². The van der Waals surface area contributed by atoms with Crippen molar-refractivity contribution in [3.8, 4) is 0 Å². The molecule has 0 fully saturated rings. The van der Waals surface area contributed by atoms with E-state index in [-0.39, 0.29) is 0 Å². The molecule has 0 heterocycles. The topological polar surface area (TPSA) is 6.48 Å². The minimum atomic E-state index is 0.723. The second-order valence-electron chi connectivity index (χ2n) is 6.46. The fraction of sp³-hybridized carbons (Fsp3) is 1.00. The number of nitrogens with zero attached hydrogens (tertiary/aromatic N) is 2. The highest BCUT2D eigenvalue weighted by atomic mass is 15.1. The van der Waals surface area contributed by atoms with E-state index in [2.05, 4.69) is 51.7 Å². The molecule has 2 unspecified atom stereocenters. The molecule has 0 radical (unpaired) electrons. The van der Waals surface area contributed by atoms with E-state index in [1.54, 1.807) is 0 Å². The Bertz CT molecular complexity index is 192. The van der Waals surface area contributed by atoms with Crippen molar-refractivity contribution in [2.75, 3.05) is 34.2 Å². The van der Waals surface area contributed by atoms with Gasteiger partial charge in [-0.05, 0) is 79.2 Å². The Morgan fingerprint density at radius 1 is 0.842 bits per heavy atom. The van der Waals surface area contributed by atoms with Crippen LogP contribution in [0.15, 0.2) is 0 Å². The molecule has 19 heavy (non-hydrogen) atoms. The van der Waals surface area contributed by atoms with Crippen LogP contribution in [0.4, 0.5) is 0 Å². The molecule has 0 N–H and O–H groups in total. The van der Waals surface area contributed by atoms with E-state index in [1.807, 2.05) is 0 Å². The Morgan fingerprint density at radius 3 is 2.00 bits per heavy atom. The maximum absolute atomic E-state index is 2.50. The van der Waals surface area contributed by atoms with Crippen LogP contribution in [-0.2, 0) is 0 Å². The first-order chi connectivity index (χ1) is 9.01. The summed E-state index contributed by atoms with van der Waals surface area (Å²) < 4.78 is 0. The quantitative estimate of drug-likeness (QED) is 0.523. The summed E-state index contributed by atoms with van der Waals surface area (Å²) in [5, 5.41) is 0. The molecule has 2 atom stereocenters. The standard InChI is InChI=1S/C17H38N2/c1-7-9-14-19(6)15-10-11-17(8-2)13-12-16(3)18(4)5/h16-17H,7-15H2,1-6H3. The van der Waals surface area contributed by atoms with Crippen LogP contribution in [0.1, 0.15) is 65.7 Å². The SMILES string of the molecule is CCCCN(C)CCCC(CC)CCC(C)N(C)C. The van der Waals surface area contributed by atoms with Gasteiger partial charge in [0.05, 0.1) is 0 Å². The van der Waals surface area contributed by atoms with Crippen LogP contribution in [0.5, 0.6) is 0 Å². The molecule has 0 rings (SSSR count). The predicted molar refractivity (Wildman–Crippen MR) is 87.8 cm³/mol. The van der Waals surface area contributed by atoms with Gasteiger partial charge < -0.3 is 9.80 Å². The van der Waals surface area contributed by atoms with Crippen molar-refractivity contribution in [2.45, 2.75) is 71.8 Å². The fourth-order valence-electron chi connectivity index (χ4n) is 2.48. The first-order valence-electron chi connectivity index (χ1n) is 8.36. The first-order valence-corrected chi connectivity index (χ1v) is 8.36. The van der Waals surface area contributed by atoms with Gasteiger partial charge in [-0.2, -0.15) is 0 Å². The van der Waals surface area contributed by atoms with Crippen molar-refractivity contribution in [1.29, 1.82) is 0 Å². The number of hydrogen-bond donors (Lipinski definition) is 0. The van der Waals surface area contributed by atoms with Crippen LogP contribution in [0.25, 0.3) is 0 Å². The Labute approximate surface area is 122 Å². The van der Waals surface area contributed by atoms with Crippen LogP contribution >= 0.6 is 0 Å². The summed E-state index contributed by atoms with van der Waals surface area (Å²) in [7, 11) is 6.65. The zero-order chi connectivity index (χ0) is 14.7. The van der Waals surface area contributed by atoms with Crippen LogP contribution in [-0.4, -0.2) is 50.1 Å². The molecular weight excluding hydrogens is 232 g/mol. The molecule has 0 saturated carbocycles. The molecule has 0 aliphatic rings. The summed E-state index contributed by atoms with van der Waals surface area (Å²) in [4.78, 5) is 4.84. The van der Waals surface area contributed by atoms with Gasteiger partial charge in [0, 0.05) is 6.04 Å². The lowest BCUT2D eigenvalue weighted by Crippen LogP contribution is -2.25. The maximum Gasteiger partial charge on any atom is 0.00609 e. The zero-order valence-corrected chi connectivity index (χ0v) is 14.4. The highest BCUT2D eigenvalue weighted by Gasteiger charge is 2.11. The third-order valence-electron chi connectivity index (χ3n) is 4.50. The lowest BCUT2D eigenvalue weighted by Gasteiger charge is -2.23. The monoisotopic (exact) mass is 270 g/mol. The van der Waals surface area contributed by atoms with Crippen molar-refractivity contribution in [3.05, 3.63) is 0 Å². The Balaban J connectivity index is 3.69. The van der Waals surface area contributed by atoms with Gasteiger partial charge in [-0.1, -0.05) is 26.7 Å². The largest absolute Gasteiger partial charge is 0.307 e. The van der Waals surface area contributed by atoms with E-state index in [1.165, 1.54) is 58.0 Å². The number of unbranched alkanes of at least 4 members (excludes halogenated alkanes) is 1. The molecule has 0 aliphatic carbocycles. The molecule has 0 aliphatic heterocycles. The second-order valence-corrected chi connectivity index (χ2v) is 6.46. The van der Waals surface area contributed by atoms with Gasteiger partial charge in [0.2, 0.25) is 0 Å². The lowest BCUT2D eigenvalue weighted by atomic mass is 9.93. The summed E-state index contributed by atoms with van der Waals surface area (Å²) >= 11 is 0. The number of rotatable bonds is 12. The Hall–Kier alpha value is -0.0800. The van der Waals surface area contributed by atoms with Gasteiger partial charge in [0.15, 0.2) is 0 Å². The third kappa shape index (κ3) is 10.4. The summed E-state index contributed by atoms with van der Waals surface area (Å²) in [5.74, 6) is 0.932. The van der Waals surface area contributed by atoms with Gasteiger partial charge in [-0.3, -0.25) is 0 Å². The Kier molecular flexibility index (Phi) is 11.7. The van der Waals surface area contributed by atoms with E-state index in [9.17, 15) is 0 Å². The smallest absolute Gasteiger partial charge is 0.00609 e. The van der Waals surface area contributed by atoms with E-state index < -0.39 is 0 Å². The molecule has 116 valence electrons. The normalized spacial score (nSPS) is 15.2. The molecule has 0 bridgehead atoms. The van der Waals surface area contributed by atoms with Gasteiger partial charge >= 0.3 is 0 Å². The molecular formula is C17H38N2. The molecule has 0 aromatic carbocycles. The molecule has 0 amide bonds. The summed E-state index contributed by atoms with van der Waals surface area (Å²) in [6.07, 6.45) is 9.52. The van der Waals surface area contributed by atoms with Crippen molar-refractivity contribution in [2.24, 2.45) is 5.92 Å². The average Bonchev–Trinajstić information content (AvgIpc) is 2.39. The first kappa shape index (κ1) is 18.9. The third-order valence-corrected chi connectivity index (χ3v) is 4.50. The molecule has 0 aromatic rings. The van der Waals surface area contributed by atoms with Crippen LogP contribution < -0.4 is 0 Å². The summed E-state index contributed by atoms with van der Waals surface area (Å²) in [5.41, 5.74) is 0. The van der Waals surface area contributed by atoms with Crippen LogP contribution in [0.3, 0.4) is 0 Å². The van der Waals surface area contributed by atoms with Crippen molar-refractivity contribution >= 4 is 0 Å². The van der Waals surface area contributed by atoms with E-state index >= 15 is 0 Å². The van der Waals surface area contributed by atoms with Gasteiger partial charge in [-0.25, -0.2) is 0 Å². The van der Waals surface area contributed by atoms with E-state index in [0.717, 1.165) is 12.0 Å². The van der Waals surface area contributed by atoms with E-state index in [4.69, 9.17) is 0 Å². The summed E-state index contributed by atoms with van der Waals surface area (Å²) in [6, 6.07) is 0.723. The number of hydrogen-bond acceptors (Lipinski definition) is 2. The lowest BCUT2D eigenvalue weighted by molar-refractivity contribution is 0.262. The molecule has 0 aromatic heterocycles. The highest BCUT2D eigenvalue weighted by Crippen LogP contribution is 2.19. The van der Waals surface area contributed by atoms with Crippen molar-refractivity contribution < 1.29 is 0 Å². The Morgan fingerprint density at radius 2 is 1.47 bits per heavy atom. The average molecular weight is 271 g/mol.